The molecule has 0 aliphatic heterocycles. The van der Waals surface area contributed by atoms with Crippen molar-refractivity contribution in [1.82, 2.24) is 10.0 Å². The summed E-state index contributed by atoms with van der Waals surface area (Å²) in [6.45, 7) is 6.46. The lowest BCUT2D eigenvalue weighted by Crippen LogP contribution is -2.33. The van der Waals surface area contributed by atoms with Crippen LogP contribution in [0.25, 0.3) is 0 Å². The highest BCUT2D eigenvalue weighted by molar-refractivity contribution is 7.89. The Bertz CT molecular complexity index is 532. The first-order chi connectivity index (χ1) is 10.0. The zero-order valence-corrected chi connectivity index (χ0v) is 13.6. The average molecular weight is 316 g/mol. The molecule has 0 saturated heterocycles. The van der Waals surface area contributed by atoms with Crippen LogP contribution in [0.3, 0.4) is 0 Å². The Morgan fingerprint density at radius 1 is 1.19 bits per heavy atom. The molecule has 6 nitrogen and oxygen atoms in total. The van der Waals surface area contributed by atoms with Gasteiger partial charge in [-0.15, -0.1) is 0 Å². The van der Waals surface area contributed by atoms with Gasteiger partial charge in [-0.05, 0) is 37.6 Å². The van der Waals surface area contributed by atoms with E-state index in [4.69, 9.17) is 9.47 Å². The van der Waals surface area contributed by atoms with Crippen LogP contribution in [0.15, 0.2) is 23.1 Å². The van der Waals surface area contributed by atoms with E-state index in [1.807, 2.05) is 13.8 Å². The number of rotatable bonds is 10. The second-order valence-corrected chi connectivity index (χ2v) is 6.27. The van der Waals surface area contributed by atoms with Gasteiger partial charge in [0.05, 0.1) is 18.1 Å². The molecular weight excluding hydrogens is 292 g/mol. The number of nitrogens with one attached hydrogen (secondary N) is 2. The predicted octanol–water partition coefficient (Wildman–Crippen LogP) is 0.908. The van der Waals surface area contributed by atoms with Gasteiger partial charge in [-0.3, -0.25) is 0 Å². The minimum atomic E-state index is -3.48. The lowest BCUT2D eigenvalue weighted by molar-refractivity contribution is 0.199. The van der Waals surface area contributed by atoms with Gasteiger partial charge in [0, 0.05) is 26.7 Å². The van der Waals surface area contributed by atoms with E-state index in [0.29, 0.717) is 38.6 Å². The number of ether oxygens (including phenoxy) is 2. The minimum Gasteiger partial charge on any atom is -0.494 e. The Morgan fingerprint density at radius 2 is 1.95 bits per heavy atom. The summed E-state index contributed by atoms with van der Waals surface area (Å²) >= 11 is 0. The van der Waals surface area contributed by atoms with Gasteiger partial charge < -0.3 is 14.8 Å². The monoisotopic (exact) mass is 316 g/mol. The van der Waals surface area contributed by atoms with Crippen molar-refractivity contribution < 1.29 is 17.9 Å². The molecule has 0 aromatic heterocycles. The second kappa shape index (κ2) is 8.99. The van der Waals surface area contributed by atoms with Gasteiger partial charge in [-0.25, -0.2) is 13.1 Å². The van der Waals surface area contributed by atoms with Crippen molar-refractivity contribution in [2.24, 2.45) is 0 Å². The summed E-state index contributed by atoms with van der Waals surface area (Å²) in [5.74, 6) is 0.706. The summed E-state index contributed by atoms with van der Waals surface area (Å²) in [7, 11) is -1.86. The zero-order chi connectivity index (χ0) is 15.7. The number of benzene rings is 1. The van der Waals surface area contributed by atoms with Crippen LogP contribution in [0.4, 0.5) is 0 Å². The van der Waals surface area contributed by atoms with Gasteiger partial charge >= 0.3 is 0 Å². The van der Waals surface area contributed by atoms with E-state index < -0.39 is 10.0 Å². The van der Waals surface area contributed by atoms with Crippen LogP contribution in [-0.2, 0) is 14.8 Å². The number of methoxy groups -OCH3 is 1. The minimum absolute atomic E-state index is 0.250. The van der Waals surface area contributed by atoms with Crippen molar-refractivity contribution in [2.45, 2.75) is 18.7 Å². The van der Waals surface area contributed by atoms with Crippen LogP contribution in [0.5, 0.6) is 5.75 Å². The van der Waals surface area contributed by atoms with Crippen LogP contribution in [0.2, 0.25) is 0 Å². The predicted molar refractivity (Wildman–Crippen MR) is 82.3 cm³/mol. The van der Waals surface area contributed by atoms with Crippen molar-refractivity contribution in [3.8, 4) is 5.75 Å². The van der Waals surface area contributed by atoms with Crippen LogP contribution < -0.4 is 14.8 Å². The van der Waals surface area contributed by atoms with Crippen molar-refractivity contribution in [1.29, 1.82) is 0 Å². The quantitative estimate of drug-likeness (QED) is 0.628. The first-order valence-corrected chi connectivity index (χ1v) is 8.42. The molecule has 0 fully saturated rings. The van der Waals surface area contributed by atoms with Gasteiger partial charge in [0.2, 0.25) is 10.0 Å². The van der Waals surface area contributed by atoms with Crippen molar-refractivity contribution in [3.05, 3.63) is 23.8 Å². The number of hydrogen-bond acceptors (Lipinski definition) is 5. The Kier molecular flexibility index (Phi) is 7.66. The van der Waals surface area contributed by atoms with Gasteiger partial charge in [0.1, 0.15) is 5.75 Å². The van der Waals surface area contributed by atoms with Crippen LogP contribution >= 0.6 is 0 Å². The summed E-state index contributed by atoms with van der Waals surface area (Å²) in [5, 5.41) is 3.08. The van der Waals surface area contributed by atoms with Crippen molar-refractivity contribution in [3.63, 3.8) is 0 Å². The topological polar surface area (TPSA) is 76.7 Å². The Balaban J connectivity index is 2.56. The van der Waals surface area contributed by atoms with Gasteiger partial charge in [-0.2, -0.15) is 0 Å². The van der Waals surface area contributed by atoms with Gasteiger partial charge in [0.15, 0.2) is 0 Å². The summed E-state index contributed by atoms with van der Waals surface area (Å²) in [6, 6.07) is 4.86. The molecule has 0 aliphatic rings. The molecule has 0 saturated carbocycles. The fraction of sp³-hybridized carbons (Fsp3) is 0.571. The molecule has 0 amide bonds. The molecule has 0 unspecified atom stereocenters. The molecule has 0 bridgehead atoms. The maximum absolute atomic E-state index is 12.1. The van der Waals surface area contributed by atoms with Gasteiger partial charge in [-0.1, -0.05) is 0 Å². The second-order valence-electron chi connectivity index (χ2n) is 4.50. The lowest BCUT2D eigenvalue weighted by Gasteiger charge is -2.11. The molecule has 0 atom stereocenters. The molecule has 0 spiro atoms. The first kappa shape index (κ1) is 17.9. The van der Waals surface area contributed by atoms with E-state index in [9.17, 15) is 8.42 Å². The maximum atomic E-state index is 12.1. The Hall–Kier alpha value is -1.15. The fourth-order valence-electron chi connectivity index (χ4n) is 1.76. The third-order valence-electron chi connectivity index (χ3n) is 2.83. The summed E-state index contributed by atoms with van der Waals surface area (Å²) in [5.41, 5.74) is 0.804. The molecule has 1 rings (SSSR count). The van der Waals surface area contributed by atoms with E-state index in [1.54, 1.807) is 25.3 Å². The highest BCUT2D eigenvalue weighted by Crippen LogP contribution is 2.21. The highest BCUT2D eigenvalue weighted by atomic mass is 32.2. The van der Waals surface area contributed by atoms with Crippen LogP contribution in [-0.4, -0.2) is 48.4 Å². The summed E-state index contributed by atoms with van der Waals surface area (Å²) < 4.78 is 37.1. The van der Waals surface area contributed by atoms with Crippen LogP contribution in [0.1, 0.15) is 12.5 Å². The normalized spacial score (nSPS) is 11.6. The van der Waals surface area contributed by atoms with Crippen LogP contribution in [0, 0.1) is 6.92 Å². The third-order valence-corrected chi connectivity index (χ3v) is 4.29. The highest BCUT2D eigenvalue weighted by Gasteiger charge is 2.14. The molecule has 0 heterocycles. The smallest absolute Gasteiger partial charge is 0.240 e. The van der Waals surface area contributed by atoms with Gasteiger partial charge in [0.25, 0.3) is 0 Å². The van der Waals surface area contributed by atoms with E-state index >= 15 is 0 Å². The molecule has 2 N–H and O–H groups in total. The average Bonchev–Trinajstić information content (AvgIpc) is 2.45. The number of aryl methyl sites for hydroxylation is 1. The van der Waals surface area contributed by atoms with E-state index in [1.165, 1.54) is 0 Å². The Morgan fingerprint density at radius 3 is 2.57 bits per heavy atom. The maximum Gasteiger partial charge on any atom is 0.240 e. The standard InChI is InChI=1S/C14H24N2O4S/c1-4-20-14-6-5-13(11-12(14)2)21(17,18)16-8-7-15-9-10-19-3/h5-6,11,15-16H,4,7-10H2,1-3H3. The third kappa shape index (κ3) is 6.01. The van der Waals surface area contributed by atoms with Crippen molar-refractivity contribution in [2.75, 3.05) is 40.0 Å². The molecule has 0 radical (unpaired) electrons. The molecule has 7 heteroatoms. The molecule has 1 aromatic carbocycles. The summed E-state index contributed by atoms with van der Waals surface area (Å²) in [6.07, 6.45) is 0. The van der Waals surface area contributed by atoms with E-state index in [0.717, 1.165) is 5.56 Å². The molecule has 120 valence electrons. The van der Waals surface area contributed by atoms with Crippen molar-refractivity contribution >= 4 is 10.0 Å². The number of hydrogen-bond donors (Lipinski definition) is 2. The lowest BCUT2D eigenvalue weighted by atomic mass is 10.2. The largest absolute Gasteiger partial charge is 0.494 e. The number of sulfonamides is 1. The Labute approximate surface area is 126 Å². The summed E-state index contributed by atoms with van der Waals surface area (Å²) in [4.78, 5) is 0.250. The van der Waals surface area contributed by atoms with E-state index in [-0.39, 0.29) is 4.90 Å². The molecule has 21 heavy (non-hydrogen) atoms. The van der Waals surface area contributed by atoms with E-state index in [2.05, 4.69) is 10.0 Å². The molecular formula is C14H24N2O4S. The first-order valence-electron chi connectivity index (χ1n) is 6.94. The molecule has 0 aliphatic carbocycles. The fourth-order valence-corrected chi connectivity index (χ4v) is 2.88. The SMILES string of the molecule is CCOc1ccc(S(=O)(=O)NCCNCCOC)cc1C. The zero-order valence-electron chi connectivity index (χ0n) is 12.8. The molecule has 1 aromatic rings.